The van der Waals surface area contributed by atoms with Crippen LogP contribution in [0.25, 0.3) is 0 Å². The number of halogens is 1. The van der Waals surface area contributed by atoms with Crippen LogP contribution in [0.15, 0.2) is 30.3 Å². The molecule has 0 aromatic heterocycles. The number of benzene rings is 2. The van der Waals surface area contributed by atoms with Crippen LogP contribution in [-0.2, 0) is 6.54 Å². The Morgan fingerprint density at radius 2 is 1.65 bits per heavy atom. The van der Waals surface area contributed by atoms with Gasteiger partial charge in [0.05, 0.1) is 6.04 Å². The number of rotatable bonds is 6. The van der Waals surface area contributed by atoms with Gasteiger partial charge >= 0.3 is 0 Å². The monoisotopic (exact) mass is 370 g/mol. The summed E-state index contributed by atoms with van der Waals surface area (Å²) < 4.78 is 0. The van der Waals surface area contributed by atoms with E-state index in [9.17, 15) is 0 Å². The molecule has 0 radical (unpaired) electrons. The van der Waals surface area contributed by atoms with Crippen LogP contribution in [0.3, 0.4) is 0 Å². The number of nitrogens with zero attached hydrogens (tertiary/aromatic N) is 1. The van der Waals surface area contributed by atoms with Crippen molar-refractivity contribution in [3.8, 4) is 0 Å². The molecule has 1 heterocycles. The molecule has 1 aliphatic heterocycles. The third kappa shape index (κ3) is 4.42. The van der Waals surface area contributed by atoms with Gasteiger partial charge in [-0.15, -0.1) is 0 Å². The van der Waals surface area contributed by atoms with E-state index in [4.69, 9.17) is 11.6 Å². The Bertz CT molecular complexity index is 740. The lowest BCUT2D eigenvalue weighted by molar-refractivity contribution is 0.331. The van der Waals surface area contributed by atoms with Crippen LogP contribution in [0.5, 0.6) is 0 Å². The van der Waals surface area contributed by atoms with Crippen molar-refractivity contribution in [1.29, 1.82) is 0 Å². The number of hydrogen-bond donors (Lipinski definition) is 1. The largest absolute Gasteiger partial charge is 0.378 e. The zero-order chi connectivity index (χ0) is 18.7. The van der Waals surface area contributed by atoms with E-state index in [-0.39, 0.29) is 0 Å². The summed E-state index contributed by atoms with van der Waals surface area (Å²) >= 11 is 6.35. The highest BCUT2D eigenvalue weighted by Gasteiger charge is 2.15. The van der Waals surface area contributed by atoms with Gasteiger partial charge in [-0.25, -0.2) is 0 Å². The molecule has 26 heavy (non-hydrogen) atoms. The molecular weight excluding hydrogens is 340 g/mol. The summed E-state index contributed by atoms with van der Waals surface area (Å²) in [6, 6.07) is 11.5. The Kier molecular flexibility index (Phi) is 6.26. The van der Waals surface area contributed by atoms with Crippen molar-refractivity contribution in [3.63, 3.8) is 0 Å². The fourth-order valence-corrected chi connectivity index (χ4v) is 4.03. The second-order valence-corrected chi connectivity index (χ2v) is 8.08. The fourth-order valence-electron chi connectivity index (χ4n) is 3.92. The Morgan fingerprint density at radius 3 is 2.27 bits per heavy atom. The van der Waals surface area contributed by atoms with E-state index in [1.807, 2.05) is 0 Å². The summed E-state index contributed by atoms with van der Waals surface area (Å²) in [5, 5.41) is 4.63. The molecule has 2 aromatic carbocycles. The van der Waals surface area contributed by atoms with Crippen molar-refractivity contribution < 1.29 is 0 Å². The van der Waals surface area contributed by atoms with Gasteiger partial charge in [-0.1, -0.05) is 36.7 Å². The molecule has 0 bridgehead atoms. The molecule has 1 atom stereocenters. The van der Waals surface area contributed by atoms with Gasteiger partial charge in [0.1, 0.15) is 0 Å². The number of hydrogen-bond acceptors (Lipinski definition) is 2. The highest BCUT2D eigenvalue weighted by Crippen LogP contribution is 2.29. The van der Waals surface area contributed by atoms with Crippen molar-refractivity contribution in [1.82, 2.24) is 4.90 Å². The maximum absolute atomic E-state index is 6.35. The van der Waals surface area contributed by atoms with Crippen molar-refractivity contribution in [2.24, 2.45) is 0 Å². The molecule has 0 amide bonds. The Hall–Kier alpha value is -1.51. The first-order chi connectivity index (χ1) is 12.5. The van der Waals surface area contributed by atoms with Gasteiger partial charge in [0.2, 0.25) is 0 Å². The minimum absolute atomic E-state index is 0.298. The highest BCUT2D eigenvalue weighted by atomic mass is 35.5. The van der Waals surface area contributed by atoms with Crippen LogP contribution >= 0.6 is 11.6 Å². The molecule has 0 spiro atoms. The minimum atomic E-state index is 0.298. The van der Waals surface area contributed by atoms with E-state index in [1.54, 1.807) is 0 Å². The second-order valence-electron chi connectivity index (χ2n) is 7.70. The molecule has 1 fully saturated rings. The molecule has 0 aliphatic carbocycles. The summed E-state index contributed by atoms with van der Waals surface area (Å²) in [6.45, 7) is 12.2. The number of anilines is 1. The van der Waals surface area contributed by atoms with Crippen LogP contribution in [0.4, 0.5) is 5.69 Å². The zero-order valence-corrected chi connectivity index (χ0v) is 17.3. The van der Waals surface area contributed by atoms with Gasteiger partial charge in [0.15, 0.2) is 0 Å². The van der Waals surface area contributed by atoms with Gasteiger partial charge in [0.25, 0.3) is 0 Å². The quantitative estimate of drug-likeness (QED) is 0.630. The van der Waals surface area contributed by atoms with E-state index in [0.29, 0.717) is 6.04 Å². The topological polar surface area (TPSA) is 15.3 Å². The molecule has 3 heteroatoms. The molecule has 2 nitrogen and oxygen atoms in total. The number of aryl methyl sites for hydroxylation is 3. The molecule has 140 valence electrons. The van der Waals surface area contributed by atoms with Gasteiger partial charge in [0, 0.05) is 17.3 Å². The molecular formula is C23H31ClN2. The minimum Gasteiger partial charge on any atom is -0.378 e. The zero-order valence-electron chi connectivity index (χ0n) is 16.5. The Morgan fingerprint density at radius 1 is 1.00 bits per heavy atom. The van der Waals surface area contributed by atoms with Gasteiger partial charge in [-0.05, 0) is 93.1 Å². The first-order valence-electron chi connectivity index (χ1n) is 9.83. The molecule has 1 unspecified atom stereocenters. The van der Waals surface area contributed by atoms with E-state index >= 15 is 0 Å². The molecule has 1 aliphatic rings. The SMILES string of the molecule is CCC(Nc1ccc(C)c(CN2CCCC2)c1)c1cc(C)c(Cl)c(C)c1. The van der Waals surface area contributed by atoms with Crippen LogP contribution in [-0.4, -0.2) is 18.0 Å². The van der Waals surface area contributed by atoms with Gasteiger partial charge in [-0.3, -0.25) is 4.90 Å². The molecule has 3 rings (SSSR count). The average molecular weight is 371 g/mol. The molecule has 1 N–H and O–H groups in total. The highest BCUT2D eigenvalue weighted by molar-refractivity contribution is 6.32. The second kappa shape index (κ2) is 8.45. The van der Waals surface area contributed by atoms with E-state index in [1.165, 1.54) is 48.3 Å². The molecule has 0 saturated carbocycles. The summed E-state index contributed by atoms with van der Waals surface area (Å²) in [4.78, 5) is 2.56. The standard InChI is InChI=1S/C23H31ClN2/c1-5-22(19-12-17(3)23(24)18(4)13-19)25-21-9-8-16(2)20(14-21)15-26-10-6-7-11-26/h8-9,12-14,22,25H,5-7,10-11,15H2,1-4H3. The maximum atomic E-state index is 6.35. The predicted molar refractivity (Wildman–Crippen MR) is 113 cm³/mol. The normalized spacial score (nSPS) is 16.0. The lowest BCUT2D eigenvalue weighted by Gasteiger charge is -2.22. The van der Waals surface area contributed by atoms with Crippen LogP contribution in [0.2, 0.25) is 5.02 Å². The lowest BCUT2D eigenvalue weighted by Crippen LogP contribution is -2.19. The van der Waals surface area contributed by atoms with Gasteiger partial charge < -0.3 is 5.32 Å². The molecule has 1 saturated heterocycles. The van der Waals surface area contributed by atoms with Crippen LogP contribution in [0, 0.1) is 20.8 Å². The fraction of sp³-hybridized carbons (Fsp3) is 0.478. The summed E-state index contributed by atoms with van der Waals surface area (Å²) in [7, 11) is 0. The van der Waals surface area contributed by atoms with E-state index in [0.717, 1.165) is 29.1 Å². The van der Waals surface area contributed by atoms with Crippen LogP contribution in [0.1, 0.15) is 60.0 Å². The Labute approximate surface area is 163 Å². The van der Waals surface area contributed by atoms with E-state index < -0.39 is 0 Å². The summed E-state index contributed by atoms with van der Waals surface area (Å²) in [5.74, 6) is 0. The first kappa shape index (κ1) is 19.3. The lowest BCUT2D eigenvalue weighted by atomic mass is 9.98. The third-order valence-electron chi connectivity index (χ3n) is 5.55. The van der Waals surface area contributed by atoms with Crippen molar-refractivity contribution in [2.45, 2.75) is 59.5 Å². The maximum Gasteiger partial charge on any atom is 0.0511 e. The van der Waals surface area contributed by atoms with Crippen molar-refractivity contribution in [3.05, 3.63) is 63.2 Å². The molecule has 2 aromatic rings. The number of nitrogens with one attached hydrogen (secondary N) is 1. The van der Waals surface area contributed by atoms with Crippen molar-refractivity contribution >= 4 is 17.3 Å². The number of likely N-dealkylation sites (tertiary alicyclic amines) is 1. The first-order valence-corrected chi connectivity index (χ1v) is 10.2. The smallest absolute Gasteiger partial charge is 0.0511 e. The third-order valence-corrected chi connectivity index (χ3v) is 6.15. The van der Waals surface area contributed by atoms with Crippen molar-refractivity contribution in [2.75, 3.05) is 18.4 Å². The summed E-state index contributed by atoms with van der Waals surface area (Å²) in [6.07, 6.45) is 3.71. The Balaban J connectivity index is 1.80. The average Bonchev–Trinajstić information content (AvgIpc) is 3.13. The van der Waals surface area contributed by atoms with Crippen LogP contribution < -0.4 is 5.32 Å². The predicted octanol–water partition coefficient (Wildman–Crippen LogP) is 6.42. The summed E-state index contributed by atoms with van der Waals surface area (Å²) in [5.41, 5.74) is 7.65. The van der Waals surface area contributed by atoms with Gasteiger partial charge in [-0.2, -0.15) is 0 Å². The van der Waals surface area contributed by atoms with E-state index in [2.05, 4.69) is 68.2 Å².